The lowest BCUT2D eigenvalue weighted by Gasteiger charge is -2.34. The van der Waals surface area contributed by atoms with Crippen LogP contribution in [0.3, 0.4) is 0 Å². The maximum absolute atomic E-state index is 12.5. The Kier molecular flexibility index (Phi) is 4.89. The molecule has 0 unspecified atom stereocenters. The normalized spacial score (nSPS) is 22.6. The third-order valence-electron chi connectivity index (χ3n) is 4.16. The zero-order valence-electron chi connectivity index (χ0n) is 11.9. The van der Waals surface area contributed by atoms with Gasteiger partial charge in [0.1, 0.15) is 5.75 Å². The molecule has 0 saturated heterocycles. The van der Waals surface area contributed by atoms with E-state index in [1.165, 1.54) is 12.1 Å². The Morgan fingerprint density at radius 3 is 2.60 bits per heavy atom. The number of benzene rings is 1. The number of rotatable bonds is 3. The Bertz CT molecular complexity index is 485. The minimum Gasteiger partial charge on any atom is -0.507 e. The average molecular weight is 297 g/mol. The standard InChI is InChI=1S/C15H21ClN2O2/c1-17-11-4-6-12(7-5-11)18(2)15(20)13-9-10(16)3-8-14(13)19/h3,8-9,11-12,17,19H,4-7H2,1-2H3. The summed E-state index contributed by atoms with van der Waals surface area (Å²) >= 11 is 5.90. The molecule has 2 rings (SSSR count). The van der Waals surface area contributed by atoms with E-state index in [1.807, 2.05) is 7.05 Å². The van der Waals surface area contributed by atoms with Gasteiger partial charge in [0.15, 0.2) is 0 Å². The molecule has 0 aliphatic heterocycles. The van der Waals surface area contributed by atoms with Crippen molar-refractivity contribution in [2.24, 2.45) is 0 Å². The highest BCUT2D eigenvalue weighted by atomic mass is 35.5. The van der Waals surface area contributed by atoms with Crippen molar-refractivity contribution >= 4 is 17.5 Å². The first-order valence-electron chi connectivity index (χ1n) is 6.96. The van der Waals surface area contributed by atoms with Gasteiger partial charge < -0.3 is 15.3 Å². The lowest BCUT2D eigenvalue weighted by molar-refractivity contribution is 0.0682. The number of nitrogens with one attached hydrogen (secondary N) is 1. The smallest absolute Gasteiger partial charge is 0.257 e. The minimum atomic E-state index is -0.169. The number of amides is 1. The van der Waals surface area contributed by atoms with E-state index in [4.69, 9.17) is 11.6 Å². The summed E-state index contributed by atoms with van der Waals surface area (Å²) < 4.78 is 0. The van der Waals surface area contributed by atoms with Crippen molar-refractivity contribution in [2.75, 3.05) is 14.1 Å². The van der Waals surface area contributed by atoms with Crippen molar-refractivity contribution < 1.29 is 9.90 Å². The van der Waals surface area contributed by atoms with Gasteiger partial charge in [0.2, 0.25) is 0 Å². The Balaban J connectivity index is 2.07. The molecular formula is C15H21ClN2O2. The monoisotopic (exact) mass is 296 g/mol. The number of nitrogens with zero attached hydrogens (tertiary/aromatic N) is 1. The van der Waals surface area contributed by atoms with Gasteiger partial charge in [0.05, 0.1) is 5.56 Å². The number of halogens is 1. The van der Waals surface area contributed by atoms with Gasteiger partial charge in [-0.1, -0.05) is 11.6 Å². The third-order valence-corrected chi connectivity index (χ3v) is 4.40. The summed E-state index contributed by atoms with van der Waals surface area (Å²) in [6, 6.07) is 5.34. The molecule has 1 aliphatic rings. The summed E-state index contributed by atoms with van der Waals surface area (Å²) in [6.07, 6.45) is 4.10. The van der Waals surface area contributed by atoms with Gasteiger partial charge in [-0.25, -0.2) is 0 Å². The highest BCUT2D eigenvalue weighted by Crippen LogP contribution is 2.27. The molecule has 1 aromatic carbocycles. The predicted octanol–water partition coefficient (Wildman–Crippen LogP) is 2.65. The van der Waals surface area contributed by atoms with Crippen LogP contribution in [-0.2, 0) is 0 Å². The number of aromatic hydroxyl groups is 1. The van der Waals surface area contributed by atoms with Gasteiger partial charge in [-0.05, 0) is 50.9 Å². The van der Waals surface area contributed by atoms with Crippen LogP contribution >= 0.6 is 11.6 Å². The van der Waals surface area contributed by atoms with Gasteiger partial charge in [0, 0.05) is 24.2 Å². The van der Waals surface area contributed by atoms with E-state index in [9.17, 15) is 9.90 Å². The minimum absolute atomic E-state index is 0.0184. The SMILES string of the molecule is CNC1CCC(N(C)C(=O)c2cc(Cl)ccc2O)CC1. The van der Waals surface area contributed by atoms with Crippen LogP contribution in [0.15, 0.2) is 18.2 Å². The average Bonchev–Trinajstić information content (AvgIpc) is 2.48. The molecular weight excluding hydrogens is 276 g/mol. The van der Waals surface area contributed by atoms with E-state index in [0.29, 0.717) is 11.1 Å². The lowest BCUT2D eigenvalue weighted by Crippen LogP contribution is -2.42. The van der Waals surface area contributed by atoms with E-state index in [-0.39, 0.29) is 23.3 Å². The molecule has 1 fully saturated rings. The van der Waals surface area contributed by atoms with Crippen LogP contribution < -0.4 is 5.32 Å². The fraction of sp³-hybridized carbons (Fsp3) is 0.533. The summed E-state index contributed by atoms with van der Waals surface area (Å²) in [7, 11) is 3.77. The Hall–Kier alpha value is -1.26. The second-order valence-corrected chi connectivity index (χ2v) is 5.81. The molecule has 110 valence electrons. The zero-order valence-corrected chi connectivity index (χ0v) is 12.7. The first-order valence-corrected chi connectivity index (χ1v) is 7.33. The van der Waals surface area contributed by atoms with Gasteiger partial charge in [0.25, 0.3) is 5.91 Å². The molecule has 0 spiro atoms. The maximum Gasteiger partial charge on any atom is 0.257 e. The first-order chi connectivity index (χ1) is 9.52. The van der Waals surface area contributed by atoms with Crippen molar-refractivity contribution in [1.82, 2.24) is 10.2 Å². The molecule has 0 bridgehead atoms. The van der Waals surface area contributed by atoms with Crippen LogP contribution in [0.25, 0.3) is 0 Å². The molecule has 0 atom stereocenters. The highest BCUT2D eigenvalue weighted by molar-refractivity contribution is 6.31. The summed E-state index contributed by atoms with van der Waals surface area (Å²) in [6.45, 7) is 0. The van der Waals surface area contributed by atoms with Gasteiger partial charge >= 0.3 is 0 Å². The van der Waals surface area contributed by atoms with Gasteiger partial charge in [-0.3, -0.25) is 4.79 Å². The second-order valence-electron chi connectivity index (χ2n) is 5.37. The zero-order chi connectivity index (χ0) is 14.7. The Morgan fingerprint density at radius 2 is 2.00 bits per heavy atom. The van der Waals surface area contributed by atoms with Crippen molar-refractivity contribution in [2.45, 2.75) is 37.8 Å². The van der Waals surface area contributed by atoms with Gasteiger partial charge in [-0.15, -0.1) is 0 Å². The van der Waals surface area contributed by atoms with E-state index in [0.717, 1.165) is 25.7 Å². The van der Waals surface area contributed by atoms with Crippen LogP contribution in [0.2, 0.25) is 5.02 Å². The number of phenols is 1. The number of hydrogen-bond acceptors (Lipinski definition) is 3. The first kappa shape index (κ1) is 15.1. The molecule has 5 heteroatoms. The van der Waals surface area contributed by atoms with E-state index in [1.54, 1.807) is 18.0 Å². The topological polar surface area (TPSA) is 52.6 Å². The third kappa shape index (κ3) is 3.25. The lowest BCUT2D eigenvalue weighted by atomic mass is 9.90. The van der Waals surface area contributed by atoms with Crippen molar-refractivity contribution in [1.29, 1.82) is 0 Å². The fourth-order valence-corrected chi connectivity index (χ4v) is 2.96. The number of carbonyl (C=O) groups excluding carboxylic acids is 1. The largest absolute Gasteiger partial charge is 0.507 e. The van der Waals surface area contributed by atoms with E-state index < -0.39 is 0 Å². The number of phenolic OH excluding ortho intramolecular Hbond substituents is 1. The van der Waals surface area contributed by atoms with Crippen LogP contribution in [0, 0.1) is 0 Å². The Labute approximate surface area is 124 Å². The summed E-state index contributed by atoms with van der Waals surface area (Å²) in [4.78, 5) is 14.2. The molecule has 20 heavy (non-hydrogen) atoms. The van der Waals surface area contributed by atoms with Gasteiger partial charge in [-0.2, -0.15) is 0 Å². The van der Waals surface area contributed by atoms with Crippen molar-refractivity contribution in [3.05, 3.63) is 28.8 Å². The molecule has 0 radical (unpaired) electrons. The summed E-state index contributed by atoms with van der Waals surface area (Å²) in [5, 5.41) is 13.6. The fourth-order valence-electron chi connectivity index (χ4n) is 2.79. The predicted molar refractivity (Wildman–Crippen MR) is 80.3 cm³/mol. The summed E-state index contributed by atoms with van der Waals surface area (Å²) in [5.41, 5.74) is 0.274. The molecule has 1 aromatic rings. The molecule has 4 nitrogen and oxygen atoms in total. The number of carbonyl (C=O) groups is 1. The maximum atomic E-state index is 12.5. The van der Waals surface area contributed by atoms with Crippen LogP contribution in [0.5, 0.6) is 5.75 Å². The number of hydrogen-bond donors (Lipinski definition) is 2. The quantitative estimate of drug-likeness (QED) is 0.901. The van der Waals surface area contributed by atoms with Crippen molar-refractivity contribution in [3.8, 4) is 5.75 Å². The molecule has 2 N–H and O–H groups in total. The molecule has 1 amide bonds. The second kappa shape index (κ2) is 6.46. The van der Waals surface area contributed by atoms with Crippen LogP contribution in [-0.4, -0.2) is 42.1 Å². The molecule has 1 saturated carbocycles. The van der Waals surface area contributed by atoms with E-state index >= 15 is 0 Å². The van der Waals surface area contributed by atoms with Crippen LogP contribution in [0.4, 0.5) is 0 Å². The van der Waals surface area contributed by atoms with E-state index in [2.05, 4.69) is 5.32 Å². The summed E-state index contributed by atoms with van der Waals surface area (Å²) in [5.74, 6) is -0.187. The highest BCUT2D eigenvalue weighted by Gasteiger charge is 2.27. The van der Waals surface area contributed by atoms with Crippen LogP contribution in [0.1, 0.15) is 36.0 Å². The Morgan fingerprint density at radius 1 is 1.35 bits per heavy atom. The van der Waals surface area contributed by atoms with Crippen molar-refractivity contribution in [3.63, 3.8) is 0 Å². The molecule has 0 heterocycles. The molecule has 0 aromatic heterocycles. The molecule has 1 aliphatic carbocycles.